The van der Waals surface area contributed by atoms with Crippen LogP contribution in [0.15, 0.2) is 18.2 Å². The van der Waals surface area contributed by atoms with Crippen molar-refractivity contribution < 1.29 is 14.7 Å². The SMILES string of the molecule is O=C(NCc1ccc(Cl)c(Cl)c1)NC1(C(=O)O)CCCC1. The van der Waals surface area contributed by atoms with Crippen molar-refractivity contribution in [3.63, 3.8) is 0 Å². The first-order valence-corrected chi connectivity index (χ1v) is 7.42. The van der Waals surface area contributed by atoms with E-state index in [1.54, 1.807) is 18.2 Å². The smallest absolute Gasteiger partial charge is 0.329 e. The molecule has 0 heterocycles. The Bertz CT molecular complexity index is 557. The number of benzene rings is 1. The molecule has 0 unspecified atom stereocenters. The fraction of sp³-hybridized carbons (Fsp3) is 0.429. The van der Waals surface area contributed by atoms with Crippen molar-refractivity contribution >= 4 is 35.2 Å². The number of carbonyl (C=O) groups is 2. The summed E-state index contributed by atoms with van der Waals surface area (Å²) >= 11 is 11.7. The molecule has 0 bridgehead atoms. The van der Waals surface area contributed by atoms with Gasteiger partial charge in [-0.2, -0.15) is 0 Å². The number of rotatable bonds is 4. The van der Waals surface area contributed by atoms with Gasteiger partial charge in [0.15, 0.2) is 0 Å². The molecule has 114 valence electrons. The Hall–Kier alpha value is -1.46. The zero-order valence-electron chi connectivity index (χ0n) is 11.3. The Balaban J connectivity index is 1.92. The second-order valence-electron chi connectivity index (χ2n) is 5.15. The molecule has 1 fully saturated rings. The van der Waals surface area contributed by atoms with Crippen molar-refractivity contribution in [2.45, 2.75) is 37.8 Å². The Morgan fingerprint density at radius 1 is 1.19 bits per heavy atom. The van der Waals surface area contributed by atoms with Crippen molar-refractivity contribution in [2.75, 3.05) is 0 Å². The lowest BCUT2D eigenvalue weighted by Crippen LogP contribution is -2.55. The van der Waals surface area contributed by atoms with Gasteiger partial charge in [-0.1, -0.05) is 42.1 Å². The van der Waals surface area contributed by atoms with Gasteiger partial charge >= 0.3 is 12.0 Å². The summed E-state index contributed by atoms with van der Waals surface area (Å²) in [6.45, 7) is 0.248. The maximum Gasteiger partial charge on any atom is 0.329 e. The van der Waals surface area contributed by atoms with Crippen LogP contribution < -0.4 is 10.6 Å². The van der Waals surface area contributed by atoms with Crippen LogP contribution >= 0.6 is 23.2 Å². The van der Waals surface area contributed by atoms with Gasteiger partial charge in [-0.15, -0.1) is 0 Å². The molecule has 0 aliphatic heterocycles. The van der Waals surface area contributed by atoms with Gasteiger partial charge in [0.25, 0.3) is 0 Å². The number of urea groups is 1. The molecule has 5 nitrogen and oxygen atoms in total. The monoisotopic (exact) mass is 330 g/mol. The van der Waals surface area contributed by atoms with E-state index in [4.69, 9.17) is 23.2 Å². The lowest BCUT2D eigenvalue weighted by atomic mass is 9.98. The predicted octanol–water partition coefficient (Wildman–Crippen LogP) is 3.19. The molecular weight excluding hydrogens is 315 g/mol. The Labute approximate surface area is 132 Å². The molecule has 21 heavy (non-hydrogen) atoms. The van der Waals surface area contributed by atoms with Crippen LogP contribution in [0.1, 0.15) is 31.2 Å². The Morgan fingerprint density at radius 3 is 2.43 bits per heavy atom. The summed E-state index contributed by atoms with van der Waals surface area (Å²) in [4.78, 5) is 23.2. The van der Waals surface area contributed by atoms with Crippen LogP contribution in [0.5, 0.6) is 0 Å². The molecule has 0 spiro atoms. The van der Waals surface area contributed by atoms with Crippen molar-refractivity contribution in [1.82, 2.24) is 10.6 Å². The quantitative estimate of drug-likeness (QED) is 0.793. The average molecular weight is 331 g/mol. The van der Waals surface area contributed by atoms with E-state index in [0.717, 1.165) is 18.4 Å². The van der Waals surface area contributed by atoms with Crippen molar-refractivity contribution in [1.29, 1.82) is 0 Å². The first-order chi connectivity index (χ1) is 9.93. The minimum atomic E-state index is -1.14. The molecule has 0 atom stereocenters. The summed E-state index contributed by atoms with van der Waals surface area (Å²) in [6.07, 6.45) is 2.53. The first kappa shape index (κ1) is 15.9. The van der Waals surface area contributed by atoms with E-state index in [9.17, 15) is 14.7 Å². The molecule has 1 aliphatic rings. The second-order valence-corrected chi connectivity index (χ2v) is 5.96. The van der Waals surface area contributed by atoms with Gasteiger partial charge in [0.1, 0.15) is 5.54 Å². The van der Waals surface area contributed by atoms with Crippen LogP contribution in [0, 0.1) is 0 Å². The molecule has 7 heteroatoms. The topological polar surface area (TPSA) is 78.4 Å². The van der Waals surface area contributed by atoms with Gasteiger partial charge in [-0.05, 0) is 30.5 Å². The number of carbonyl (C=O) groups excluding carboxylic acids is 1. The summed E-state index contributed by atoms with van der Waals surface area (Å²) in [5.74, 6) is -0.982. The van der Waals surface area contributed by atoms with Gasteiger partial charge in [0.05, 0.1) is 10.0 Å². The molecule has 0 aromatic heterocycles. The molecule has 0 saturated heterocycles. The average Bonchev–Trinajstić information content (AvgIpc) is 2.90. The summed E-state index contributed by atoms with van der Waals surface area (Å²) in [5.41, 5.74) is -0.350. The fourth-order valence-electron chi connectivity index (χ4n) is 2.46. The third-order valence-electron chi connectivity index (χ3n) is 3.66. The number of amides is 2. The summed E-state index contributed by atoms with van der Waals surface area (Å²) < 4.78 is 0. The van der Waals surface area contributed by atoms with Crippen LogP contribution in [0.2, 0.25) is 10.0 Å². The lowest BCUT2D eigenvalue weighted by Gasteiger charge is -2.25. The fourth-order valence-corrected chi connectivity index (χ4v) is 2.79. The van der Waals surface area contributed by atoms with Crippen molar-refractivity contribution in [3.05, 3.63) is 33.8 Å². The van der Waals surface area contributed by atoms with Gasteiger partial charge in [0, 0.05) is 6.54 Å². The molecule has 2 amide bonds. The minimum Gasteiger partial charge on any atom is -0.480 e. The number of carboxylic acids is 1. The van der Waals surface area contributed by atoms with Gasteiger partial charge in [-0.3, -0.25) is 0 Å². The summed E-state index contributed by atoms with van der Waals surface area (Å²) in [6, 6.07) is 4.56. The summed E-state index contributed by atoms with van der Waals surface area (Å²) in [5, 5.41) is 15.4. The highest BCUT2D eigenvalue weighted by atomic mass is 35.5. The number of carboxylic acid groups (broad SMARTS) is 1. The highest BCUT2D eigenvalue weighted by Gasteiger charge is 2.42. The van der Waals surface area contributed by atoms with E-state index in [0.29, 0.717) is 22.9 Å². The lowest BCUT2D eigenvalue weighted by molar-refractivity contribution is -0.144. The van der Waals surface area contributed by atoms with Crippen molar-refractivity contribution in [3.8, 4) is 0 Å². The van der Waals surface area contributed by atoms with E-state index in [1.165, 1.54) is 0 Å². The van der Waals surface area contributed by atoms with Crippen LogP contribution in [0.4, 0.5) is 4.79 Å². The number of aliphatic carboxylic acids is 1. The minimum absolute atomic E-state index is 0.248. The number of hydrogen-bond donors (Lipinski definition) is 3. The van der Waals surface area contributed by atoms with Crippen LogP contribution in [0.25, 0.3) is 0 Å². The summed E-state index contributed by atoms with van der Waals surface area (Å²) in [7, 11) is 0. The third-order valence-corrected chi connectivity index (χ3v) is 4.40. The zero-order valence-corrected chi connectivity index (χ0v) is 12.8. The number of hydrogen-bond acceptors (Lipinski definition) is 2. The van der Waals surface area contributed by atoms with E-state index < -0.39 is 17.5 Å². The molecular formula is C14H16Cl2N2O3. The van der Waals surface area contributed by atoms with E-state index >= 15 is 0 Å². The molecule has 0 radical (unpaired) electrons. The van der Waals surface area contributed by atoms with Crippen LogP contribution in [0.3, 0.4) is 0 Å². The molecule has 1 aromatic carbocycles. The van der Waals surface area contributed by atoms with E-state index in [-0.39, 0.29) is 6.54 Å². The maximum atomic E-state index is 11.9. The molecule has 1 aromatic rings. The molecule has 3 N–H and O–H groups in total. The zero-order chi connectivity index (χ0) is 15.5. The third kappa shape index (κ3) is 3.80. The largest absolute Gasteiger partial charge is 0.480 e. The number of halogens is 2. The highest BCUT2D eigenvalue weighted by molar-refractivity contribution is 6.42. The molecule has 1 saturated carbocycles. The number of nitrogens with one attached hydrogen (secondary N) is 2. The van der Waals surface area contributed by atoms with Gasteiger partial charge in [-0.25, -0.2) is 9.59 Å². The molecule has 2 rings (SSSR count). The maximum absolute atomic E-state index is 11.9. The molecule has 1 aliphatic carbocycles. The Kier molecular flexibility index (Phi) is 4.96. The van der Waals surface area contributed by atoms with Crippen molar-refractivity contribution in [2.24, 2.45) is 0 Å². The predicted molar refractivity (Wildman–Crippen MR) is 80.7 cm³/mol. The highest BCUT2D eigenvalue weighted by Crippen LogP contribution is 2.29. The second kappa shape index (κ2) is 6.54. The van der Waals surface area contributed by atoms with Gasteiger partial charge < -0.3 is 15.7 Å². The van der Waals surface area contributed by atoms with Crippen LogP contribution in [-0.4, -0.2) is 22.6 Å². The van der Waals surface area contributed by atoms with E-state index in [1.807, 2.05) is 0 Å². The normalized spacial score (nSPS) is 16.5. The van der Waals surface area contributed by atoms with Crippen LogP contribution in [-0.2, 0) is 11.3 Å². The first-order valence-electron chi connectivity index (χ1n) is 6.66. The Morgan fingerprint density at radius 2 is 1.86 bits per heavy atom. The standard InChI is InChI=1S/C14H16Cl2N2O3/c15-10-4-3-9(7-11(10)16)8-17-13(21)18-14(12(19)20)5-1-2-6-14/h3-4,7H,1-2,5-6,8H2,(H,19,20)(H2,17,18,21). The van der Waals surface area contributed by atoms with E-state index in [2.05, 4.69) is 10.6 Å². The van der Waals surface area contributed by atoms with Gasteiger partial charge in [0.2, 0.25) is 0 Å².